The summed E-state index contributed by atoms with van der Waals surface area (Å²) in [6, 6.07) is 11.8. The Balaban J connectivity index is 1.64. The van der Waals surface area contributed by atoms with Crippen molar-refractivity contribution < 1.29 is 9.59 Å². The second-order valence-corrected chi connectivity index (χ2v) is 7.72. The molecule has 136 valence electrons. The summed E-state index contributed by atoms with van der Waals surface area (Å²) in [6.45, 7) is 4.16. The van der Waals surface area contributed by atoms with Crippen LogP contribution in [0.15, 0.2) is 42.5 Å². The van der Waals surface area contributed by atoms with Crippen LogP contribution in [-0.4, -0.2) is 47.8 Å². The predicted octanol–water partition coefficient (Wildman–Crippen LogP) is 4.16. The van der Waals surface area contributed by atoms with Crippen molar-refractivity contribution in [3.63, 3.8) is 0 Å². The lowest BCUT2D eigenvalue weighted by Crippen LogP contribution is -2.35. The van der Waals surface area contributed by atoms with Crippen LogP contribution in [0.5, 0.6) is 0 Å². The summed E-state index contributed by atoms with van der Waals surface area (Å²) in [6.07, 6.45) is 4.28. The van der Waals surface area contributed by atoms with Crippen LogP contribution in [-0.2, 0) is 9.59 Å². The Kier molecular flexibility index (Phi) is 6.12. The van der Waals surface area contributed by atoms with Crippen LogP contribution in [0.25, 0.3) is 16.5 Å². The maximum atomic E-state index is 12.5. The van der Waals surface area contributed by atoms with Gasteiger partial charge in [0.1, 0.15) is 0 Å². The van der Waals surface area contributed by atoms with E-state index in [1.165, 1.54) is 0 Å². The number of benzene rings is 1. The van der Waals surface area contributed by atoms with Crippen molar-refractivity contribution >= 4 is 40.8 Å². The number of hydrogen-bond donors (Lipinski definition) is 0. The van der Waals surface area contributed by atoms with Gasteiger partial charge in [0.2, 0.25) is 11.8 Å². The summed E-state index contributed by atoms with van der Waals surface area (Å²) in [5.41, 5.74) is 1.00. The van der Waals surface area contributed by atoms with Gasteiger partial charge in [0, 0.05) is 59.5 Å². The zero-order chi connectivity index (χ0) is 18.5. The quantitative estimate of drug-likeness (QED) is 0.740. The van der Waals surface area contributed by atoms with Crippen LogP contribution in [0.4, 0.5) is 0 Å². The largest absolute Gasteiger partial charge is 0.341 e. The second kappa shape index (κ2) is 8.52. The van der Waals surface area contributed by atoms with Crippen molar-refractivity contribution in [2.45, 2.75) is 13.3 Å². The highest BCUT2D eigenvalue weighted by Gasteiger charge is 2.18. The number of carbonyl (C=O) groups is 2. The van der Waals surface area contributed by atoms with Crippen molar-refractivity contribution in [2.24, 2.45) is 0 Å². The fraction of sp³-hybridized carbons (Fsp3) is 0.300. The van der Waals surface area contributed by atoms with E-state index in [-0.39, 0.29) is 11.8 Å². The van der Waals surface area contributed by atoms with E-state index in [0.717, 1.165) is 33.3 Å². The Hall–Kier alpha value is -2.11. The molecule has 0 N–H and O–H groups in total. The minimum absolute atomic E-state index is 0.0110. The molecule has 6 heteroatoms. The van der Waals surface area contributed by atoms with Gasteiger partial charge in [-0.15, -0.1) is 11.3 Å². The van der Waals surface area contributed by atoms with Crippen LogP contribution in [0.2, 0.25) is 5.02 Å². The number of hydrogen-bond acceptors (Lipinski definition) is 3. The first-order valence-electron chi connectivity index (χ1n) is 8.62. The van der Waals surface area contributed by atoms with Crippen molar-refractivity contribution in [1.82, 2.24) is 9.80 Å². The molecule has 1 aromatic heterocycles. The zero-order valence-corrected chi connectivity index (χ0v) is 16.2. The van der Waals surface area contributed by atoms with Gasteiger partial charge in [0.25, 0.3) is 0 Å². The van der Waals surface area contributed by atoms with Crippen molar-refractivity contribution in [2.75, 3.05) is 26.2 Å². The third-order valence-electron chi connectivity index (χ3n) is 4.41. The first-order valence-corrected chi connectivity index (χ1v) is 9.81. The molecule has 1 saturated heterocycles. The van der Waals surface area contributed by atoms with E-state index in [1.807, 2.05) is 47.4 Å². The summed E-state index contributed by atoms with van der Waals surface area (Å²) in [5.74, 6) is 0.0589. The molecule has 1 aromatic carbocycles. The minimum atomic E-state index is -0.0110. The summed E-state index contributed by atoms with van der Waals surface area (Å²) >= 11 is 7.85. The SMILES string of the molecule is CC(=O)N1CCCN(C(=O)/C=C/c2ccc(-c3ccccc3Cl)s2)CC1. The van der Waals surface area contributed by atoms with Crippen LogP contribution in [0.1, 0.15) is 18.2 Å². The minimum Gasteiger partial charge on any atom is -0.341 e. The fourth-order valence-corrected chi connectivity index (χ4v) is 4.20. The van der Waals surface area contributed by atoms with E-state index >= 15 is 0 Å². The van der Waals surface area contributed by atoms with E-state index in [0.29, 0.717) is 19.6 Å². The number of halogens is 1. The molecule has 4 nitrogen and oxygen atoms in total. The summed E-state index contributed by atoms with van der Waals surface area (Å²) in [7, 11) is 0. The molecule has 3 rings (SSSR count). The lowest BCUT2D eigenvalue weighted by Gasteiger charge is -2.20. The molecule has 2 heterocycles. The normalized spacial score (nSPS) is 15.3. The van der Waals surface area contributed by atoms with Gasteiger partial charge in [0.05, 0.1) is 0 Å². The fourth-order valence-electron chi connectivity index (χ4n) is 2.96. The molecule has 0 aliphatic carbocycles. The number of nitrogens with zero attached hydrogens (tertiary/aromatic N) is 2. The van der Waals surface area contributed by atoms with Gasteiger partial charge >= 0.3 is 0 Å². The summed E-state index contributed by atoms with van der Waals surface area (Å²) < 4.78 is 0. The molecule has 26 heavy (non-hydrogen) atoms. The number of rotatable bonds is 3. The van der Waals surface area contributed by atoms with Crippen molar-refractivity contribution in [3.05, 3.63) is 52.4 Å². The first-order chi connectivity index (χ1) is 12.5. The molecule has 1 fully saturated rings. The molecule has 0 spiro atoms. The molecule has 0 unspecified atom stereocenters. The monoisotopic (exact) mass is 388 g/mol. The zero-order valence-electron chi connectivity index (χ0n) is 14.7. The highest BCUT2D eigenvalue weighted by Crippen LogP contribution is 2.33. The predicted molar refractivity (Wildman–Crippen MR) is 107 cm³/mol. The average Bonchev–Trinajstić information content (AvgIpc) is 2.94. The molecule has 0 bridgehead atoms. The first kappa shape index (κ1) is 18.7. The van der Waals surface area contributed by atoms with Gasteiger partial charge in [-0.25, -0.2) is 0 Å². The molecular weight excluding hydrogens is 368 g/mol. The van der Waals surface area contributed by atoms with E-state index in [2.05, 4.69) is 0 Å². The Morgan fingerprint density at radius 3 is 2.54 bits per heavy atom. The topological polar surface area (TPSA) is 40.6 Å². The van der Waals surface area contributed by atoms with Gasteiger partial charge < -0.3 is 9.80 Å². The van der Waals surface area contributed by atoms with Gasteiger partial charge in [-0.3, -0.25) is 9.59 Å². The molecular formula is C20H21ClN2O2S. The van der Waals surface area contributed by atoms with E-state index < -0.39 is 0 Å². The molecule has 1 aliphatic heterocycles. The number of carbonyl (C=O) groups excluding carboxylic acids is 2. The molecule has 2 aromatic rings. The van der Waals surface area contributed by atoms with Gasteiger partial charge in [-0.1, -0.05) is 29.8 Å². The van der Waals surface area contributed by atoms with Crippen LogP contribution in [0.3, 0.4) is 0 Å². The third kappa shape index (κ3) is 4.54. The van der Waals surface area contributed by atoms with Gasteiger partial charge in [0.15, 0.2) is 0 Å². The van der Waals surface area contributed by atoms with E-state index in [9.17, 15) is 9.59 Å². The maximum Gasteiger partial charge on any atom is 0.246 e. The average molecular weight is 389 g/mol. The van der Waals surface area contributed by atoms with Crippen LogP contribution in [0, 0.1) is 0 Å². The van der Waals surface area contributed by atoms with E-state index in [1.54, 1.807) is 29.2 Å². The van der Waals surface area contributed by atoms with Gasteiger partial charge in [-0.05, 0) is 30.7 Å². The summed E-state index contributed by atoms with van der Waals surface area (Å²) in [5, 5.41) is 0.723. The number of thiophene rings is 1. The van der Waals surface area contributed by atoms with E-state index in [4.69, 9.17) is 11.6 Å². The Morgan fingerprint density at radius 2 is 1.77 bits per heavy atom. The lowest BCUT2D eigenvalue weighted by molar-refractivity contribution is -0.130. The van der Waals surface area contributed by atoms with Crippen LogP contribution >= 0.6 is 22.9 Å². The summed E-state index contributed by atoms with van der Waals surface area (Å²) in [4.78, 5) is 29.6. The number of amides is 2. The van der Waals surface area contributed by atoms with Crippen LogP contribution < -0.4 is 0 Å². The van der Waals surface area contributed by atoms with Crippen molar-refractivity contribution in [3.8, 4) is 10.4 Å². The molecule has 0 saturated carbocycles. The molecule has 2 amide bonds. The third-order valence-corrected chi connectivity index (χ3v) is 5.82. The second-order valence-electron chi connectivity index (χ2n) is 6.20. The smallest absolute Gasteiger partial charge is 0.246 e. The molecule has 0 atom stereocenters. The standard InChI is InChI=1S/C20H21ClN2O2S/c1-15(24)22-11-4-12-23(14-13-22)20(25)10-8-16-7-9-19(26-16)17-5-2-3-6-18(17)21/h2-3,5-10H,4,11-14H2,1H3/b10-8+. The Morgan fingerprint density at radius 1 is 1.04 bits per heavy atom. The van der Waals surface area contributed by atoms with Gasteiger partial charge in [-0.2, -0.15) is 0 Å². The molecule has 0 radical (unpaired) electrons. The maximum absolute atomic E-state index is 12.5. The lowest BCUT2D eigenvalue weighted by atomic mass is 10.2. The Bertz CT molecular complexity index is 831. The Labute approximate surface area is 162 Å². The highest BCUT2D eigenvalue weighted by molar-refractivity contribution is 7.16. The highest BCUT2D eigenvalue weighted by atomic mass is 35.5. The van der Waals surface area contributed by atoms with Crippen molar-refractivity contribution in [1.29, 1.82) is 0 Å². The molecule has 1 aliphatic rings.